The van der Waals surface area contributed by atoms with E-state index in [1.807, 2.05) is 36.4 Å². The second-order valence-electron chi connectivity index (χ2n) is 6.53. The van der Waals surface area contributed by atoms with E-state index in [-0.39, 0.29) is 11.8 Å². The number of ether oxygens (including phenoxy) is 1. The third-order valence-electron chi connectivity index (χ3n) is 4.62. The van der Waals surface area contributed by atoms with Crippen molar-refractivity contribution in [2.75, 3.05) is 25.5 Å². The lowest BCUT2D eigenvalue weighted by Gasteiger charge is -2.32. The smallest absolute Gasteiger partial charge is 0.228 e. The number of anilines is 1. The second kappa shape index (κ2) is 8.76. The molecule has 6 heteroatoms. The molecule has 1 atom stereocenters. The highest BCUT2D eigenvalue weighted by Gasteiger charge is 2.26. The molecule has 1 N–H and O–H groups in total. The van der Waals surface area contributed by atoms with Gasteiger partial charge >= 0.3 is 0 Å². The van der Waals surface area contributed by atoms with E-state index < -0.39 is 0 Å². The van der Waals surface area contributed by atoms with Crippen molar-refractivity contribution in [1.29, 1.82) is 0 Å². The van der Waals surface area contributed by atoms with E-state index in [1.165, 1.54) is 0 Å². The zero-order valence-electron chi connectivity index (χ0n) is 14.7. The fourth-order valence-electron chi connectivity index (χ4n) is 3.25. The van der Waals surface area contributed by atoms with Crippen molar-refractivity contribution in [3.8, 4) is 5.75 Å². The topological polar surface area (TPSA) is 41.6 Å². The first-order valence-electron chi connectivity index (χ1n) is 8.66. The molecule has 1 unspecified atom stereocenters. The van der Waals surface area contributed by atoms with Crippen LogP contribution in [0.4, 0.5) is 5.69 Å². The van der Waals surface area contributed by atoms with Gasteiger partial charge in [-0.1, -0.05) is 35.3 Å². The maximum absolute atomic E-state index is 12.7. The van der Waals surface area contributed by atoms with Crippen LogP contribution >= 0.6 is 23.2 Å². The Hall–Kier alpha value is -1.75. The van der Waals surface area contributed by atoms with Crippen LogP contribution in [-0.2, 0) is 11.3 Å². The van der Waals surface area contributed by atoms with Crippen LogP contribution in [0.25, 0.3) is 0 Å². The molecule has 2 aromatic rings. The quantitative estimate of drug-likeness (QED) is 0.790. The predicted octanol–water partition coefficient (Wildman–Crippen LogP) is 4.85. The molecule has 0 radical (unpaired) electrons. The van der Waals surface area contributed by atoms with Crippen molar-refractivity contribution >= 4 is 34.8 Å². The van der Waals surface area contributed by atoms with Crippen molar-refractivity contribution in [2.24, 2.45) is 5.92 Å². The Morgan fingerprint density at radius 1 is 1.27 bits per heavy atom. The Kier molecular flexibility index (Phi) is 6.41. The lowest BCUT2D eigenvalue weighted by atomic mass is 9.96. The maximum Gasteiger partial charge on any atom is 0.228 e. The molecule has 1 amide bonds. The molecule has 0 bridgehead atoms. The van der Waals surface area contributed by atoms with E-state index in [0.29, 0.717) is 10.0 Å². The third kappa shape index (κ3) is 4.91. The van der Waals surface area contributed by atoms with Gasteiger partial charge in [-0.05, 0) is 49.2 Å². The van der Waals surface area contributed by atoms with Crippen LogP contribution in [0.1, 0.15) is 18.4 Å². The van der Waals surface area contributed by atoms with Crippen LogP contribution in [0, 0.1) is 5.92 Å². The second-order valence-corrected chi connectivity index (χ2v) is 7.37. The Labute approximate surface area is 164 Å². The Balaban J connectivity index is 1.61. The Bertz CT molecular complexity index is 782. The van der Waals surface area contributed by atoms with Gasteiger partial charge in [0.25, 0.3) is 0 Å². The van der Waals surface area contributed by atoms with E-state index in [0.717, 1.165) is 49.5 Å². The number of nitrogens with zero attached hydrogens (tertiary/aromatic N) is 1. The van der Waals surface area contributed by atoms with Crippen LogP contribution in [0.3, 0.4) is 0 Å². The van der Waals surface area contributed by atoms with E-state index in [4.69, 9.17) is 27.9 Å². The number of piperidine rings is 1. The van der Waals surface area contributed by atoms with Gasteiger partial charge in [0.15, 0.2) is 0 Å². The third-order valence-corrected chi connectivity index (χ3v) is 5.21. The average Bonchev–Trinajstić information content (AvgIpc) is 2.64. The Morgan fingerprint density at radius 3 is 2.88 bits per heavy atom. The maximum atomic E-state index is 12.7. The summed E-state index contributed by atoms with van der Waals surface area (Å²) in [5.41, 5.74) is 1.79. The number of hydrogen-bond acceptors (Lipinski definition) is 3. The summed E-state index contributed by atoms with van der Waals surface area (Å²) in [6, 6.07) is 13.0. The highest BCUT2D eigenvalue weighted by atomic mass is 35.5. The molecule has 3 rings (SSSR count). The number of carbonyl (C=O) groups excluding carboxylic acids is 1. The number of halogens is 2. The molecule has 1 saturated heterocycles. The molecule has 1 aliphatic rings. The van der Waals surface area contributed by atoms with Gasteiger partial charge < -0.3 is 10.1 Å². The molecule has 26 heavy (non-hydrogen) atoms. The summed E-state index contributed by atoms with van der Waals surface area (Å²) >= 11 is 12.2. The van der Waals surface area contributed by atoms with Gasteiger partial charge in [0, 0.05) is 34.9 Å². The van der Waals surface area contributed by atoms with E-state index in [9.17, 15) is 4.79 Å². The summed E-state index contributed by atoms with van der Waals surface area (Å²) in [6.45, 7) is 2.40. The molecule has 4 nitrogen and oxygen atoms in total. The van der Waals surface area contributed by atoms with Crippen molar-refractivity contribution in [2.45, 2.75) is 19.4 Å². The summed E-state index contributed by atoms with van der Waals surface area (Å²) < 4.78 is 5.20. The minimum absolute atomic E-state index is 0.0407. The molecule has 1 aliphatic heterocycles. The van der Waals surface area contributed by atoms with Crippen LogP contribution < -0.4 is 10.1 Å². The number of hydrogen-bond donors (Lipinski definition) is 1. The number of benzene rings is 2. The van der Waals surface area contributed by atoms with Crippen LogP contribution in [-0.4, -0.2) is 31.0 Å². The monoisotopic (exact) mass is 392 g/mol. The lowest BCUT2D eigenvalue weighted by Crippen LogP contribution is -2.40. The number of carbonyl (C=O) groups is 1. The summed E-state index contributed by atoms with van der Waals surface area (Å²) in [4.78, 5) is 14.9. The first-order valence-corrected chi connectivity index (χ1v) is 9.42. The van der Waals surface area contributed by atoms with Gasteiger partial charge in [0.2, 0.25) is 5.91 Å². The molecule has 0 spiro atoms. The van der Waals surface area contributed by atoms with Crippen molar-refractivity contribution in [3.05, 3.63) is 58.1 Å². The van der Waals surface area contributed by atoms with Crippen LogP contribution in [0.15, 0.2) is 42.5 Å². The van der Waals surface area contributed by atoms with Crippen molar-refractivity contribution < 1.29 is 9.53 Å². The summed E-state index contributed by atoms with van der Waals surface area (Å²) in [5.74, 6) is 0.733. The van der Waals surface area contributed by atoms with Gasteiger partial charge in [-0.15, -0.1) is 0 Å². The Morgan fingerprint density at radius 2 is 2.12 bits per heavy atom. The molecule has 0 aliphatic carbocycles. The standard InChI is InChI=1S/C20H22Cl2N2O2/c1-26-18-6-2-5-17(11-18)23-20(25)15-4-3-9-24(13-15)12-14-7-8-16(21)10-19(14)22/h2,5-8,10-11,15H,3-4,9,12-13H2,1H3,(H,23,25). The fourth-order valence-corrected chi connectivity index (χ4v) is 3.72. The predicted molar refractivity (Wildman–Crippen MR) is 106 cm³/mol. The zero-order chi connectivity index (χ0) is 18.5. The van der Waals surface area contributed by atoms with Gasteiger partial charge in [-0.3, -0.25) is 9.69 Å². The normalized spacial score (nSPS) is 17.7. The SMILES string of the molecule is COc1cccc(NC(=O)C2CCCN(Cc3ccc(Cl)cc3Cl)C2)c1. The van der Waals surface area contributed by atoms with E-state index in [1.54, 1.807) is 13.2 Å². The van der Waals surface area contributed by atoms with Gasteiger partial charge in [0.1, 0.15) is 5.75 Å². The first kappa shape index (κ1) is 19.0. The van der Waals surface area contributed by atoms with E-state index >= 15 is 0 Å². The number of amides is 1. The highest BCUT2D eigenvalue weighted by molar-refractivity contribution is 6.35. The van der Waals surface area contributed by atoms with Crippen LogP contribution in [0.5, 0.6) is 5.75 Å². The zero-order valence-corrected chi connectivity index (χ0v) is 16.2. The largest absolute Gasteiger partial charge is 0.497 e. The molecule has 1 heterocycles. The molecular weight excluding hydrogens is 371 g/mol. The summed E-state index contributed by atoms with van der Waals surface area (Å²) in [6.07, 6.45) is 1.88. The summed E-state index contributed by atoms with van der Waals surface area (Å²) in [5, 5.41) is 4.30. The average molecular weight is 393 g/mol. The summed E-state index contributed by atoms with van der Waals surface area (Å²) in [7, 11) is 1.61. The van der Waals surface area contributed by atoms with Gasteiger partial charge in [-0.2, -0.15) is 0 Å². The molecule has 138 valence electrons. The molecular formula is C20H22Cl2N2O2. The van der Waals surface area contributed by atoms with Crippen molar-refractivity contribution in [1.82, 2.24) is 4.90 Å². The number of rotatable bonds is 5. The molecule has 0 saturated carbocycles. The fraction of sp³-hybridized carbons (Fsp3) is 0.350. The van der Waals surface area contributed by atoms with Crippen molar-refractivity contribution in [3.63, 3.8) is 0 Å². The number of nitrogens with one attached hydrogen (secondary N) is 1. The minimum atomic E-state index is -0.0407. The number of methoxy groups -OCH3 is 1. The van der Waals surface area contributed by atoms with Crippen LogP contribution in [0.2, 0.25) is 10.0 Å². The highest BCUT2D eigenvalue weighted by Crippen LogP contribution is 2.26. The minimum Gasteiger partial charge on any atom is -0.497 e. The van der Waals surface area contributed by atoms with Gasteiger partial charge in [-0.25, -0.2) is 0 Å². The first-order chi connectivity index (χ1) is 12.5. The molecule has 2 aromatic carbocycles. The van der Waals surface area contributed by atoms with E-state index in [2.05, 4.69) is 10.2 Å². The van der Waals surface area contributed by atoms with Gasteiger partial charge in [0.05, 0.1) is 13.0 Å². The lowest BCUT2D eigenvalue weighted by molar-refractivity contribution is -0.121. The molecule has 0 aromatic heterocycles. The number of likely N-dealkylation sites (tertiary alicyclic amines) is 1. The molecule has 1 fully saturated rings.